The highest BCUT2D eigenvalue weighted by Crippen LogP contribution is 2.08. The van der Waals surface area contributed by atoms with Crippen molar-refractivity contribution in [3.63, 3.8) is 0 Å². The molecule has 1 aromatic carbocycles. The maximum atomic E-state index is 3.59. The van der Waals surface area contributed by atoms with Gasteiger partial charge in [-0.25, -0.2) is 0 Å². The molecule has 0 bridgehead atoms. The molecule has 0 saturated carbocycles. The first-order chi connectivity index (χ1) is 8.86. The van der Waals surface area contributed by atoms with Crippen molar-refractivity contribution in [3.8, 4) is 11.8 Å². The zero-order valence-corrected chi connectivity index (χ0v) is 11.7. The molecular weight excluding hydrogens is 218 g/mol. The number of aryl methyl sites for hydroxylation is 1. The molecule has 1 aromatic rings. The number of rotatable bonds is 8. The minimum absolute atomic E-state index is 0.557. The summed E-state index contributed by atoms with van der Waals surface area (Å²) < 4.78 is 0. The highest BCUT2D eigenvalue weighted by Gasteiger charge is 2.05. The van der Waals surface area contributed by atoms with Crippen LogP contribution in [0.15, 0.2) is 30.3 Å². The lowest BCUT2D eigenvalue weighted by molar-refractivity contribution is 0.475. The van der Waals surface area contributed by atoms with Crippen molar-refractivity contribution in [2.45, 2.75) is 52.0 Å². The van der Waals surface area contributed by atoms with E-state index in [2.05, 4.69) is 54.4 Å². The maximum Gasteiger partial charge on any atom is 0.0243 e. The molecule has 1 atom stereocenters. The maximum absolute atomic E-state index is 3.59. The van der Waals surface area contributed by atoms with Crippen LogP contribution in [0.4, 0.5) is 0 Å². The van der Waals surface area contributed by atoms with E-state index in [-0.39, 0.29) is 0 Å². The molecule has 0 spiro atoms. The molecule has 1 N–H and O–H groups in total. The van der Waals surface area contributed by atoms with Crippen LogP contribution in [0, 0.1) is 11.8 Å². The Labute approximate surface area is 112 Å². The molecule has 0 saturated heterocycles. The number of hydrogen-bond donors (Lipinski definition) is 1. The van der Waals surface area contributed by atoms with Gasteiger partial charge in [-0.15, -0.1) is 11.8 Å². The monoisotopic (exact) mass is 243 g/mol. The molecule has 1 rings (SSSR count). The fraction of sp³-hybridized carbons (Fsp3) is 0.529. The van der Waals surface area contributed by atoms with E-state index in [9.17, 15) is 0 Å². The lowest BCUT2D eigenvalue weighted by Crippen LogP contribution is -2.29. The van der Waals surface area contributed by atoms with Crippen LogP contribution in [0.1, 0.15) is 45.1 Å². The molecule has 0 heterocycles. The van der Waals surface area contributed by atoms with Crippen LogP contribution >= 0.6 is 0 Å². The van der Waals surface area contributed by atoms with Gasteiger partial charge >= 0.3 is 0 Å². The summed E-state index contributed by atoms with van der Waals surface area (Å²) in [6.07, 6.45) is 5.78. The summed E-state index contributed by atoms with van der Waals surface area (Å²) in [5.41, 5.74) is 1.44. The Morgan fingerprint density at radius 3 is 2.67 bits per heavy atom. The number of hydrogen-bond acceptors (Lipinski definition) is 1. The summed E-state index contributed by atoms with van der Waals surface area (Å²) in [5, 5.41) is 3.59. The van der Waals surface area contributed by atoms with E-state index in [1.807, 2.05) is 6.92 Å². The van der Waals surface area contributed by atoms with Gasteiger partial charge in [-0.1, -0.05) is 37.3 Å². The molecule has 0 aromatic heterocycles. The molecule has 0 aliphatic rings. The van der Waals surface area contributed by atoms with Crippen molar-refractivity contribution >= 4 is 0 Å². The third-order valence-corrected chi connectivity index (χ3v) is 3.07. The fourth-order valence-corrected chi connectivity index (χ4v) is 2.05. The molecule has 0 amide bonds. The van der Waals surface area contributed by atoms with E-state index < -0.39 is 0 Å². The summed E-state index contributed by atoms with van der Waals surface area (Å²) in [6, 6.07) is 11.3. The van der Waals surface area contributed by atoms with E-state index in [4.69, 9.17) is 0 Å². The molecule has 0 radical (unpaired) electrons. The molecule has 0 aliphatic heterocycles. The van der Waals surface area contributed by atoms with E-state index in [1.165, 1.54) is 31.2 Å². The lowest BCUT2D eigenvalue weighted by atomic mass is 10.0. The van der Waals surface area contributed by atoms with Crippen molar-refractivity contribution in [2.75, 3.05) is 6.54 Å². The zero-order chi connectivity index (χ0) is 13.1. The van der Waals surface area contributed by atoms with Crippen LogP contribution in [-0.4, -0.2) is 12.6 Å². The van der Waals surface area contributed by atoms with E-state index in [1.54, 1.807) is 0 Å². The van der Waals surface area contributed by atoms with Crippen LogP contribution in [0.5, 0.6) is 0 Å². The van der Waals surface area contributed by atoms with Gasteiger partial charge in [0.1, 0.15) is 0 Å². The SMILES string of the molecule is CC#CCC(CCCc1ccccc1)NCCC. The largest absolute Gasteiger partial charge is 0.313 e. The van der Waals surface area contributed by atoms with Gasteiger partial charge in [-0.3, -0.25) is 0 Å². The highest BCUT2D eigenvalue weighted by molar-refractivity contribution is 5.14. The summed E-state index contributed by atoms with van der Waals surface area (Å²) >= 11 is 0. The highest BCUT2D eigenvalue weighted by atomic mass is 14.9. The van der Waals surface area contributed by atoms with Crippen LogP contribution in [0.2, 0.25) is 0 Å². The second-order valence-electron chi connectivity index (χ2n) is 4.66. The fourth-order valence-electron chi connectivity index (χ4n) is 2.05. The smallest absolute Gasteiger partial charge is 0.0243 e. The lowest BCUT2D eigenvalue weighted by Gasteiger charge is -2.15. The number of nitrogens with one attached hydrogen (secondary N) is 1. The van der Waals surface area contributed by atoms with Gasteiger partial charge in [0.25, 0.3) is 0 Å². The second kappa shape index (κ2) is 9.74. The Bertz CT molecular complexity index is 358. The molecule has 1 unspecified atom stereocenters. The van der Waals surface area contributed by atoms with Crippen molar-refractivity contribution in [1.29, 1.82) is 0 Å². The molecule has 1 heteroatoms. The summed E-state index contributed by atoms with van der Waals surface area (Å²) in [4.78, 5) is 0. The van der Waals surface area contributed by atoms with Gasteiger partial charge in [-0.2, -0.15) is 0 Å². The van der Waals surface area contributed by atoms with E-state index in [0.29, 0.717) is 6.04 Å². The van der Waals surface area contributed by atoms with E-state index in [0.717, 1.165) is 13.0 Å². The first-order valence-electron chi connectivity index (χ1n) is 7.03. The van der Waals surface area contributed by atoms with Crippen molar-refractivity contribution < 1.29 is 0 Å². The molecule has 98 valence electrons. The molecule has 1 nitrogen and oxygen atoms in total. The summed E-state index contributed by atoms with van der Waals surface area (Å²) in [7, 11) is 0. The first-order valence-corrected chi connectivity index (χ1v) is 7.03. The quantitative estimate of drug-likeness (QED) is 0.685. The molecule has 18 heavy (non-hydrogen) atoms. The Morgan fingerprint density at radius 1 is 1.22 bits per heavy atom. The minimum Gasteiger partial charge on any atom is -0.313 e. The van der Waals surface area contributed by atoms with Crippen molar-refractivity contribution in [3.05, 3.63) is 35.9 Å². The normalized spacial score (nSPS) is 11.7. The van der Waals surface area contributed by atoms with Gasteiger partial charge in [0.2, 0.25) is 0 Å². The van der Waals surface area contributed by atoms with Crippen molar-refractivity contribution in [2.24, 2.45) is 0 Å². The molecule has 0 fully saturated rings. The Morgan fingerprint density at radius 2 is 2.00 bits per heavy atom. The Balaban J connectivity index is 2.29. The second-order valence-corrected chi connectivity index (χ2v) is 4.66. The average molecular weight is 243 g/mol. The predicted octanol–water partition coefficient (Wildman–Crippen LogP) is 3.79. The van der Waals surface area contributed by atoms with Crippen LogP contribution in [0.25, 0.3) is 0 Å². The minimum atomic E-state index is 0.557. The Hall–Kier alpha value is -1.26. The summed E-state index contributed by atoms with van der Waals surface area (Å²) in [6.45, 7) is 5.22. The predicted molar refractivity (Wildman–Crippen MR) is 79.5 cm³/mol. The molecular formula is C17H25N. The van der Waals surface area contributed by atoms with Gasteiger partial charge < -0.3 is 5.32 Å². The Kier molecular flexibility index (Phi) is 8.01. The van der Waals surface area contributed by atoms with Gasteiger partial charge in [0.05, 0.1) is 0 Å². The topological polar surface area (TPSA) is 12.0 Å². The molecule has 0 aliphatic carbocycles. The third-order valence-electron chi connectivity index (χ3n) is 3.07. The van der Waals surface area contributed by atoms with Crippen LogP contribution in [-0.2, 0) is 6.42 Å². The van der Waals surface area contributed by atoms with Gasteiger partial charge in [0.15, 0.2) is 0 Å². The van der Waals surface area contributed by atoms with E-state index >= 15 is 0 Å². The van der Waals surface area contributed by atoms with Crippen molar-refractivity contribution in [1.82, 2.24) is 5.32 Å². The van der Waals surface area contributed by atoms with Crippen LogP contribution in [0.3, 0.4) is 0 Å². The zero-order valence-electron chi connectivity index (χ0n) is 11.7. The van der Waals surface area contributed by atoms with Gasteiger partial charge in [0, 0.05) is 12.5 Å². The standard InChI is InChI=1S/C17H25N/c1-3-5-13-17(18-15-4-2)14-9-12-16-10-7-6-8-11-16/h6-8,10-11,17-18H,4,9,12-15H2,1-2H3. The van der Waals surface area contributed by atoms with Crippen LogP contribution < -0.4 is 5.32 Å². The summed E-state index contributed by atoms with van der Waals surface area (Å²) in [5.74, 6) is 6.19. The third kappa shape index (κ3) is 6.47. The van der Waals surface area contributed by atoms with Gasteiger partial charge in [-0.05, 0) is 44.7 Å². The average Bonchev–Trinajstić information content (AvgIpc) is 2.42. The first kappa shape index (κ1) is 14.8. The number of benzene rings is 1.